The zero-order valence-electron chi connectivity index (χ0n) is 16.1. The maximum absolute atomic E-state index is 12.6. The Bertz CT molecular complexity index is 677. The highest BCUT2D eigenvalue weighted by molar-refractivity contribution is 5.81. The molecule has 3 aliphatic rings. The van der Waals surface area contributed by atoms with Crippen molar-refractivity contribution in [3.05, 3.63) is 11.6 Å². The van der Waals surface area contributed by atoms with Gasteiger partial charge in [0.15, 0.2) is 5.82 Å². The second-order valence-corrected chi connectivity index (χ2v) is 8.22. The standard InChI is InChI=1S/C19H30N6O2/c1-13-21-17(23-22-13)11-20-18(26)15-3-2-8-25(12-15)16-6-9-24(10-7-16)19(27)14-4-5-14/h14-16H,2-12H2,1H3,(H,20,26)(H,21,22,23)/t15-/m0/s1. The highest BCUT2D eigenvalue weighted by Crippen LogP contribution is 2.32. The van der Waals surface area contributed by atoms with Crippen molar-refractivity contribution in [2.75, 3.05) is 26.2 Å². The fourth-order valence-corrected chi connectivity index (χ4v) is 4.37. The van der Waals surface area contributed by atoms with Gasteiger partial charge < -0.3 is 10.2 Å². The minimum Gasteiger partial charge on any atom is -0.348 e. The van der Waals surface area contributed by atoms with Crippen molar-refractivity contribution in [3.63, 3.8) is 0 Å². The van der Waals surface area contributed by atoms with Gasteiger partial charge in [0.05, 0.1) is 12.5 Å². The molecule has 148 valence electrons. The van der Waals surface area contributed by atoms with Gasteiger partial charge in [-0.2, -0.15) is 5.10 Å². The third-order valence-electron chi connectivity index (χ3n) is 6.11. The van der Waals surface area contributed by atoms with E-state index in [4.69, 9.17) is 0 Å². The van der Waals surface area contributed by atoms with E-state index in [0.29, 0.717) is 30.2 Å². The summed E-state index contributed by atoms with van der Waals surface area (Å²) in [6.45, 7) is 5.85. The molecule has 3 fully saturated rings. The highest BCUT2D eigenvalue weighted by atomic mass is 16.2. The van der Waals surface area contributed by atoms with Crippen LogP contribution in [0.15, 0.2) is 0 Å². The summed E-state index contributed by atoms with van der Waals surface area (Å²) in [5.41, 5.74) is 0. The van der Waals surface area contributed by atoms with Gasteiger partial charge in [-0.3, -0.25) is 19.6 Å². The summed E-state index contributed by atoms with van der Waals surface area (Å²) >= 11 is 0. The molecule has 0 spiro atoms. The molecule has 8 heteroatoms. The summed E-state index contributed by atoms with van der Waals surface area (Å²) in [6, 6.07) is 0.500. The Morgan fingerprint density at radius 3 is 2.56 bits per heavy atom. The Morgan fingerprint density at radius 2 is 1.89 bits per heavy atom. The first-order chi connectivity index (χ1) is 13.1. The molecule has 3 heterocycles. The molecule has 1 saturated carbocycles. The zero-order chi connectivity index (χ0) is 18.8. The van der Waals surface area contributed by atoms with Crippen LogP contribution in [0.1, 0.15) is 50.2 Å². The predicted octanol–water partition coefficient (Wildman–Crippen LogP) is 0.842. The number of amides is 2. The Morgan fingerprint density at radius 1 is 1.11 bits per heavy atom. The Hall–Kier alpha value is -1.96. The van der Waals surface area contributed by atoms with Gasteiger partial charge in [-0.05, 0) is 52.0 Å². The molecule has 0 aromatic carbocycles. The van der Waals surface area contributed by atoms with Crippen LogP contribution in [0, 0.1) is 18.8 Å². The quantitative estimate of drug-likeness (QED) is 0.797. The van der Waals surface area contributed by atoms with Crippen LogP contribution in [0.4, 0.5) is 0 Å². The Kier molecular flexibility index (Phi) is 5.43. The number of hydrogen-bond donors (Lipinski definition) is 2. The Balaban J connectivity index is 1.24. The predicted molar refractivity (Wildman–Crippen MR) is 99.6 cm³/mol. The van der Waals surface area contributed by atoms with Crippen molar-refractivity contribution in [3.8, 4) is 0 Å². The average Bonchev–Trinajstić information content (AvgIpc) is 3.47. The lowest BCUT2D eigenvalue weighted by atomic mass is 9.93. The molecule has 1 atom stereocenters. The van der Waals surface area contributed by atoms with Crippen molar-refractivity contribution >= 4 is 11.8 Å². The lowest BCUT2D eigenvalue weighted by Gasteiger charge is -2.42. The van der Waals surface area contributed by atoms with Gasteiger partial charge in [0.1, 0.15) is 5.82 Å². The van der Waals surface area contributed by atoms with Crippen LogP contribution in [0.2, 0.25) is 0 Å². The first-order valence-electron chi connectivity index (χ1n) is 10.3. The molecule has 8 nitrogen and oxygen atoms in total. The second kappa shape index (κ2) is 7.96. The van der Waals surface area contributed by atoms with Crippen LogP contribution in [-0.4, -0.2) is 69.0 Å². The van der Waals surface area contributed by atoms with Gasteiger partial charge in [0.2, 0.25) is 11.8 Å². The van der Waals surface area contributed by atoms with Gasteiger partial charge in [-0.25, -0.2) is 4.98 Å². The molecule has 27 heavy (non-hydrogen) atoms. The number of H-pyrrole nitrogens is 1. The van der Waals surface area contributed by atoms with E-state index in [2.05, 4.69) is 30.3 Å². The average molecular weight is 374 g/mol. The molecule has 1 aromatic heterocycles. The summed E-state index contributed by atoms with van der Waals surface area (Å²) in [5, 5.41) is 9.84. The van der Waals surface area contributed by atoms with Gasteiger partial charge in [-0.1, -0.05) is 0 Å². The number of carbonyl (C=O) groups excluding carboxylic acids is 2. The number of carbonyl (C=O) groups is 2. The lowest BCUT2D eigenvalue weighted by Crippen LogP contribution is -2.51. The fraction of sp³-hybridized carbons (Fsp3) is 0.789. The number of nitrogens with one attached hydrogen (secondary N) is 2. The van der Waals surface area contributed by atoms with Gasteiger partial charge >= 0.3 is 0 Å². The van der Waals surface area contributed by atoms with E-state index in [1.165, 1.54) is 0 Å². The number of aryl methyl sites for hydroxylation is 1. The third kappa shape index (κ3) is 4.48. The normalized spacial score (nSPS) is 24.8. The van der Waals surface area contributed by atoms with Crippen LogP contribution < -0.4 is 5.32 Å². The van der Waals surface area contributed by atoms with E-state index in [-0.39, 0.29) is 11.8 Å². The topological polar surface area (TPSA) is 94.2 Å². The maximum Gasteiger partial charge on any atom is 0.225 e. The van der Waals surface area contributed by atoms with Crippen LogP contribution in [0.3, 0.4) is 0 Å². The van der Waals surface area contributed by atoms with Crippen LogP contribution >= 0.6 is 0 Å². The lowest BCUT2D eigenvalue weighted by molar-refractivity contribution is -0.134. The van der Waals surface area contributed by atoms with Crippen LogP contribution in [0.5, 0.6) is 0 Å². The van der Waals surface area contributed by atoms with Crippen molar-refractivity contribution < 1.29 is 9.59 Å². The fourth-order valence-electron chi connectivity index (χ4n) is 4.37. The SMILES string of the molecule is Cc1nc(CNC(=O)[C@H]2CCCN(C3CCN(C(=O)C4CC4)CC3)C2)n[nH]1. The molecule has 0 unspecified atom stereocenters. The molecule has 4 rings (SSSR count). The monoisotopic (exact) mass is 374 g/mol. The number of aromatic nitrogens is 3. The summed E-state index contributed by atoms with van der Waals surface area (Å²) in [4.78, 5) is 33.6. The van der Waals surface area contributed by atoms with E-state index in [1.54, 1.807) is 0 Å². The molecule has 2 aliphatic heterocycles. The first-order valence-corrected chi connectivity index (χ1v) is 10.3. The molecule has 1 aromatic rings. The smallest absolute Gasteiger partial charge is 0.225 e. The number of aromatic amines is 1. The molecule has 2 amide bonds. The van der Waals surface area contributed by atoms with E-state index >= 15 is 0 Å². The molecule has 0 radical (unpaired) electrons. The highest BCUT2D eigenvalue weighted by Gasteiger charge is 2.37. The van der Waals surface area contributed by atoms with Crippen molar-refractivity contribution in [2.45, 2.75) is 58.0 Å². The van der Waals surface area contributed by atoms with E-state index in [9.17, 15) is 9.59 Å². The number of piperidine rings is 2. The first kappa shape index (κ1) is 18.4. The molecule has 1 aliphatic carbocycles. The molecular weight excluding hydrogens is 344 g/mol. The maximum atomic E-state index is 12.6. The summed E-state index contributed by atoms with van der Waals surface area (Å²) in [5.74, 6) is 2.20. The zero-order valence-corrected chi connectivity index (χ0v) is 16.1. The van der Waals surface area contributed by atoms with Crippen molar-refractivity contribution in [1.82, 2.24) is 30.3 Å². The van der Waals surface area contributed by atoms with Gasteiger partial charge in [0, 0.05) is 31.6 Å². The molecule has 2 N–H and O–H groups in total. The van der Waals surface area contributed by atoms with Crippen molar-refractivity contribution in [2.24, 2.45) is 11.8 Å². The molecule has 2 saturated heterocycles. The minimum atomic E-state index is 0.0323. The van der Waals surface area contributed by atoms with Crippen molar-refractivity contribution in [1.29, 1.82) is 0 Å². The minimum absolute atomic E-state index is 0.0323. The number of likely N-dealkylation sites (tertiary alicyclic amines) is 2. The third-order valence-corrected chi connectivity index (χ3v) is 6.11. The molecule has 0 bridgehead atoms. The largest absolute Gasteiger partial charge is 0.348 e. The number of nitrogens with zero attached hydrogens (tertiary/aromatic N) is 4. The summed E-state index contributed by atoms with van der Waals surface area (Å²) in [7, 11) is 0. The molecular formula is C19H30N6O2. The van der Waals surface area contributed by atoms with E-state index < -0.39 is 0 Å². The van der Waals surface area contributed by atoms with Crippen LogP contribution in [0.25, 0.3) is 0 Å². The van der Waals surface area contributed by atoms with Gasteiger partial charge in [0.25, 0.3) is 0 Å². The number of rotatable bonds is 5. The van der Waals surface area contributed by atoms with E-state index in [1.807, 2.05) is 6.92 Å². The summed E-state index contributed by atoms with van der Waals surface area (Å²) < 4.78 is 0. The van der Waals surface area contributed by atoms with Gasteiger partial charge in [-0.15, -0.1) is 0 Å². The van der Waals surface area contributed by atoms with E-state index in [0.717, 1.165) is 70.5 Å². The number of hydrogen-bond acceptors (Lipinski definition) is 5. The Labute approximate surface area is 160 Å². The second-order valence-electron chi connectivity index (χ2n) is 8.22. The van der Waals surface area contributed by atoms with Crippen LogP contribution in [-0.2, 0) is 16.1 Å². The summed E-state index contributed by atoms with van der Waals surface area (Å²) in [6.07, 6.45) is 6.21.